The summed E-state index contributed by atoms with van der Waals surface area (Å²) in [6.45, 7) is 3.47. The van der Waals surface area contributed by atoms with Gasteiger partial charge in [0.2, 0.25) is 5.95 Å². The highest BCUT2D eigenvalue weighted by atomic mass is 15.4. The molecule has 0 amide bonds. The molecule has 3 heterocycles. The number of benzene rings is 2. The molecule has 0 radical (unpaired) electrons. The lowest BCUT2D eigenvalue weighted by Crippen LogP contribution is -2.35. The molecular weight excluding hydrogens is 336 g/mol. The van der Waals surface area contributed by atoms with Gasteiger partial charge in [-0.1, -0.05) is 24.3 Å². The molecule has 3 aromatic rings. The molecule has 0 saturated carbocycles. The van der Waals surface area contributed by atoms with Crippen LogP contribution < -0.4 is 10.2 Å². The van der Waals surface area contributed by atoms with Gasteiger partial charge in [0.15, 0.2) is 0 Å². The van der Waals surface area contributed by atoms with Crippen LogP contribution in [-0.2, 0) is 6.42 Å². The molecule has 0 bridgehead atoms. The first-order valence-electron chi connectivity index (χ1n) is 9.58. The number of fused-ring (bicyclic) bond motifs is 1. The molecule has 5 rings (SSSR count). The predicted octanol–water partition coefficient (Wildman–Crippen LogP) is 3.08. The lowest BCUT2D eigenvalue weighted by Gasteiger charge is -2.27. The van der Waals surface area contributed by atoms with E-state index in [9.17, 15) is 0 Å². The molecule has 1 N–H and O–H groups in total. The summed E-state index contributed by atoms with van der Waals surface area (Å²) >= 11 is 0. The van der Waals surface area contributed by atoms with Crippen molar-refractivity contribution in [3.05, 3.63) is 60.4 Å². The van der Waals surface area contributed by atoms with Gasteiger partial charge in [0.25, 0.3) is 0 Å². The molecule has 1 atom stereocenters. The minimum absolute atomic E-state index is 0.615. The summed E-state index contributed by atoms with van der Waals surface area (Å²) in [4.78, 5) is 9.41. The summed E-state index contributed by atoms with van der Waals surface area (Å²) in [5.74, 6) is 0.615. The second-order valence-electron chi connectivity index (χ2n) is 7.46. The number of hydrogen-bond donors (Lipinski definition) is 1. The highest BCUT2D eigenvalue weighted by Crippen LogP contribution is 2.34. The van der Waals surface area contributed by atoms with Crippen LogP contribution in [-0.4, -0.2) is 52.4 Å². The standard InChI is InChI=1S/C21H24N6/c1-25-11-10-19(14-25)26-12-9-16-7-8-17(13-20(16)26)23-21-22-15-27(24-21)18-5-3-2-4-6-18/h2-8,13,15,19H,9-12,14H2,1H3,(H,23,24). The fourth-order valence-electron chi connectivity index (χ4n) is 4.18. The fraction of sp³-hybridized carbons (Fsp3) is 0.333. The van der Waals surface area contributed by atoms with Crippen LogP contribution >= 0.6 is 0 Å². The first-order valence-corrected chi connectivity index (χ1v) is 9.58. The maximum Gasteiger partial charge on any atom is 0.246 e. The molecule has 0 spiro atoms. The van der Waals surface area contributed by atoms with Gasteiger partial charge in [-0.2, -0.15) is 4.98 Å². The van der Waals surface area contributed by atoms with Gasteiger partial charge < -0.3 is 15.1 Å². The smallest absolute Gasteiger partial charge is 0.246 e. The van der Waals surface area contributed by atoms with Crippen molar-refractivity contribution in [1.29, 1.82) is 0 Å². The Bertz CT molecular complexity index is 935. The highest BCUT2D eigenvalue weighted by Gasteiger charge is 2.30. The van der Waals surface area contributed by atoms with Crippen LogP contribution in [0.25, 0.3) is 5.69 Å². The zero-order valence-corrected chi connectivity index (χ0v) is 15.5. The Morgan fingerprint density at radius 2 is 1.96 bits per heavy atom. The first kappa shape index (κ1) is 16.3. The zero-order valence-electron chi connectivity index (χ0n) is 15.5. The van der Waals surface area contributed by atoms with Crippen molar-refractivity contribution in [1.82, 2.24) is 19.7 Å². The van der Waals surface area contributed by atoms with E-state index in [-0.39, 0.29) is 0 Å². The molecular formula is C21H24N6. The van der Waals surface area contributed by atoms with Gasteiger partial charge in [-0.15, -0.1) is 5.10 Å². The quantitative estimate of drug-likeness (QED) is 0.775. The largest absolute Gasteiger partial charge is 0.367 e. The van der Waals surface area contributed by atoms with Gasteiger partial charge in [0, 0.05) is 30.5 Å². The van der Waals surface area contributed by atoms with E-state index in [0.717, 1.165) is 30.9 Å². The van der Waals surface area contributed by atoms with E-state index in [1.165, 1.54) is 24.2 Å². The van der Waals surface area contributed by atoms with Crippen LogP contribution in [0.2, 0.25) is 0 Å². The van der Waals surface area contributed by atoms with Gasteiger partial charge >= 0.3 is 0 Å². The molecule has 2 aliphatic rings. The molecule has 0 aliphatic carbocycles. The Kier molecular flexibility index (Phi) is 4.05. The molecule has 6 heteroatoms. The third kappa shape index (κ3) is 3.17. The van der Waals surface area contributed by atoms with E-state index in [1.54, 1.807) is 11.0 Å². The fourth-order valence-corrected chi connectivity index (χ4v) is 4.18. The Hall–Kier alpha value is -2.86. The summed E-state index contributed by atoms with van der Waals surface area (Å²) < 4.78 is 1.79. The Morgan fingerprint density at radius 3 is 2.78 bits per heavy atom. The van der Waals surface area contributed by atoms with Gasteiger partial charge in [-0.05, 0) is 56.3 Å². The SMILES string of the molecule is CN1CCC(N2CCc3ccc(Nc4ncn(-c5ccccc5)n4)cc32)C1. The molecule has 2 aliphatic heterocycles. The minimum Gasteiger partial charge on any atom is -0.367 e. The molecule has 2 aromatic carbocycles. The van der Waals surface area contributed by atoms with Crippen LogP contribution in [0, 0.1) is 0 Å². The summed E-state index contributed by atoms with van der Waals surface area (Å²) in [5, 5.41) is 7.91. The van der Waals surface area contributed by atoms with Gasteiger partial charge in [0.05, 0.1) is 5.69 Å². The maximum atomic E-state index is 4.55. The number of nitrogens with zero attached hydrogens (tertiary/aromatic N) is 5. The van der Waals surface area contributed by atoms with Gasteiger partial charge in [-0.25, -0.2) is 4.68 Å². The van der Waals surface area contributed by atoms with E-state index in [0.29, 0.717) is 12.0 Å². The van der Waals surface area contributed by atoms with Gasteiger partial charge in [-0.3, -0.25) is 0 Å². The molecule has 1 aromatic heterocycles. The van der Waals surface area contributed by atoms with Crippen LogP contribution in [0.15, 0.2) is 54.9 Å². The summed E-state index contributed by atoms with van der Waals surface area (Å²) in [6.07, 6.45) is 4.12. The van der Waals surface area contributed by atoms with Crippen molar-refractivity contribution < 1.29 is 0 Å². The molecule has 6 nitrogen and oxygen atoms in total. The van der Waals surface area contributed by atoms with Crippen molar-refractivity contribution in [2.75, 3.05) is 36.9 Å². The van der Waals surface area contributed by atoms with E-state index in [2.05, 4.69) is 50.4 Å². The van der Waals surface area contributed by atoms with Crippen molar-refractivity contribution >= 4 is 17.3 Å². The Balaban J connectivity index is 1.36. The third-order valence-corrected chi connectivity index (χ3v) is 5.59. The van der Waals surface area contributed by atoms with Crippen LogP contribution in [0.1, 0.15) is 12.0 Å². The number of aromatic nitrogens is 3. The number of likely N-dealkylation sites (tertiary alicyclic amines) is 1. The van der Waals surface area contributed by atoms with Crippen molar-refractivity contribution in [2.45, 2.75) is 18.9 Å². The normalized spacial score (nSPS) is 19.4. The molecule has 138 valence electrons. The monoisotopic (exact) mass is 360 g/mol. The lowest BCUT2D eigenvalue weighted by molar-refractivity contribution is 0.408. The van der Waals surface area contributed by atoms with Crippen molar-refractivity contribution in [2.24, 2.45) is 0 Å². The zero-order chi connectivity index (χ0) is 18.2. The maximum absolute atomic E-state index is 4.55. The topological polar surface area (TPSA) is 49.2 Å². The summed E-state index contributed by atoms with van der Waals surface area (Å²) in [7, 11) is 2.21. The highest BCUT2D eigenvalue weighted by molar-refractivity contribution is 5.68. The summed E-state index contributed by atoms with van der Waals surface area (Å²) in [6, 6.07) is 17.3. The number of hydrogen-bond acceptors (Lipinski definition) is 5. The number of rotatable bonds is 4. The summed E-state index contributed by atoms with van der Waals surface area (Å²) in [5.41, 5.74) is 4.85. The van der Waals surface area contributed by atoms with E-state index in [1.807, 2.05) is 30.3 Å². The Morgan fingerprint density at radius 1 is 1.07 bits per heavy atom. The van der Waals surface area contributed by atoms with Gasteiger partial charge in [0.1, 0.15) is 6.33 Å². The molecule has 1 saturated heterocycles. The number of anilines is 3. The van der Waals surface area contributed by atoms with Crippen LogP contribution in [0.3, 0.4) is 0 Å². The first-order chi connectivity index (χ1) is 13.3. The average molecular weight is 360 g/mol. The molecule has 27 heavy (non-hydrogen) atoms. The van der Waals surface area contributed by atoms with E-state index >= 15 is 0 Å². The number of para-hydroxylation sites is 1. The molecule has 1 fully saturated rings. The minimum atomic E-state index is 0.615. The van der Waals surface area contributed by atoms with Crippen molar-refractivity contribution in [3.63, 3.8) is 0 Å². The number of likely N-dealkylation sites (N-methyl/N-ethyl adjacent to an activating group) is 1. The van der Waals surface area contributed by atoms with E-state index < -0.39 is 0 Å². The Labute approximate surface area is 159 Å². The second kappa shape index (κ2) is 6.70. The third-order valence-electron chi connectivity index (χ3n) is 5.59. The number of nitrogens with one attached hydrogen (secondary N) is 1. The lowest BCUT2D eigenvalue weighted by atomic mass is 10.1. The van der Waals surface area contributed by atoms with E-state index in [4.69, 9.17) is 0 Å². The van der Waals surface area contributed by atoms with Crippen LogP contribution in [0.5, 0.6) is 0 Å². The van der Waals surface area contributed by atoms with Crippen LogP contribution in [0.4, 0.5) is 17.3 Å². The van der Waals surface area contributed by atoms with Crippen molar-refractivity contribution in [3.8, 4) is 5.69 Å². The second-order valence-corrected chi connectivity index (χ2v) is 7.46. The average Bonchev–Trinajstić information content (AvgIpc) is 3.42. The predicted molar refractivity (Wildman–Crippen MR) is 108 cm³/mol. The molecule has 1 unspecified atom stereocenters.